The first-order chi connectivity index (χ1) is 15.3. The van der Waals surface area contributed by atoms with Gasteiger partial charge in [-0.2, -0.15) is 0 Å². The lowest BCUT2D eigenvalue weighted by Gasteiger charge is -2.13. The number of thioether (sulfide) groups is 1. The van der Waals surface area contributed by atoms with E-state index in [4.69, 9.17) is 0 Å². The van der Waals surface area contributed by atoms with E-state index in [0.29, 0.717) is 4.91 Å². The molecule has 9 nitrogen and oxygen atoms in total. The van der Waals surface area contributed by atoms with Gasteiger partial charge in [-0.15, -0.1) is 0 Å². The van der Waals surface area contributed by atoms with E-state index in [0.717, 1.165) is 27.8 Å². The maximum atomic E-state index is 12.5. The predicted octanol–water partition coefficient (Wildman–Crippen LogP) is 1.91. The quantitative estimate of drug-likeness (QED) is 0.532. The summed E-state index contributed by atoms with van der Waals surface area (Å²) in [5.74, 6) is -0.805. The fourth-order valence-electron chi connectivity index (χ4n) is 2.79. The molecule has 2 N–H and O–H groups in total. The van der Waals surface area contributed by atoms with Crippen LogP contribution in [0.15, 0.2) is 58.6 Å². The van der Waals surface area contributed by atoms with Crippen LogP contribution >= 0.6 is 11.8 Å². The Bertz CT molecular complexity index is 1130. The van der Waals surface area contributed by atoms with Crippen molar-refractivity contribution in [3.8, 4) is 0 Å². The smallest absolute Gasteiger partial charge is 0.293 e. The third-order valence-electron chi connectivity index (χ3n) is 4.50. The fraction of sp³-hybridized carbons (Fsp3) is 0.238. The van der Waals surface area contributed by atoms with Gasteiger partial charge >= 0.3 is 0 Å². The van der Waals surface area contributed by atoms with E-state index in [2.05, 4.69) is 15.0 Å². The molecule has 0 atom stereocenters. The average molecular weight is 475 g/mol. The number of benzene rings is 1. The van der Waals surface area contributed by atoms with Gasteiger partial charge in [0.2, 0.25) is 15.9 Å². The summed E-state index contributed by atoms with van der Waals surface area (Å²) in [6.45, 7) is 1.97. The monoisotopic (exact) mass is 474 g/mol. The largest absolute Gasteiger partial charge is 0.354 e. The Morgan fingerprint density at radius 2 is 1.91 bits per heavy atom. The number of hydrogen-bond donors (Lipinski definition) is 2. The topological polar surface area (TPSA) is 126 Å². The summed E-state index contributed by atoms with van der Waals surface area (Å²) in [5.41, 5.74) is 1.92. The number of carbonyl (C=O) groups excluding carboxylic acids is 3. The van der Waals surface area contributed by atoms with Crippen LogP contribution in [-0.2, 0) is 19.6 Å². The average Bonchev–Trinajstić information content (AvgIpc) is 3.03. The van der Waals surface area contributed by atoms with Crippen LogP contribution in [0.2, 0.25) is 0 Å². The molecule has 1 aliphatic heterocycles. The SMILES string of the molecule is Cc1ccc(/C=C2\SC(=O)N(CCNC(=O)CCNS(=O)(=O)c3cccnc3)C2=O)cc1. The predicted molar refractivity (Wildman–Crippen MR) is 121 cm³/mol. The highest BCUT2D eigenvalue weighted by atomic mass is 32.2. The molecule has 0 saturated carbocycles. The Hall–Kier alpha value is -3.02. The van der Waals surface area contributed by atoms with Gasteiger partial charge in [0, 0.05) is 38.4 Å². The Labute approximate surface area is 190 Å². The van der Waals surface area contributed by atoms with Crippen LogP contribution in [0.3, 0.4) is 0 Å². The van der Waals surface area contributed by atoms with Gasteiger partial charge in [0.15, 0.2) is 0 Å². The van der Waals surface area contributed by atoms with E-state index in [1.54, 1.807) is 6.08 Å². The van der Waals surface area contributed by atoms with Gasteiger partial charge in [0.1, 0.15) is 4.90 Å². The third kappa shape index (κ3) is 6.25. The highest BCUT2D eigenvalue weighted by Crippen LogP contribution is 2.31. The molecule has 11 heteroatoms. The van der Waals surface area contributed by atoms with Gasteiger partial charge in [-0.3, -0.25) is 24.3 Å². The van der Waals surface area contributed by atoms with Crippen molar-refractivity contribution in [2.24, 2.45) is 0 Å². The van der Waals surface area contributed by atoms with Gasteiger partial charge in [-0.1, -0.05) is 29.8 Å². The lowest BCUT2D eigenvalue weighted by Crippen LogP contribution is -2.38. The number of aryl methyl sites for hydroxylation is 1. The number of hydrogen-bond acceptors (Lipinski definition) is 7. The molecule has 1 fully saturated rings. The minimum Gasteiger partial charge on any atom is -0.354 e. The molecule has 0 aliphatic carbocycles. The molecule has 2 heterocycles. The molecular formula is C21H22N4O5S2. The van der Waals surface area contributed by atoms with Crippen molar-refractivity contribution >= 4 is 44.9 Å². The zero-order chi connectivity index (χ0) is 23.1. The van der Waals surface area contributed by atoms with Gasteiger partial charge in [-0.05, 0) is 42.5 Å². The van der Waals surface area contributed by atoms with E-state index in [-0.39, 0.29) is 31.0 Å². The third-order valence-corrected chi connectivity index (χ3v) is 6.85. The molecule has 1 aliphatic rings. The Morgan fingerprint density at radius 3 is 2.59 bits per heavy atom. The van der Waals surface area contributed by atoms with Crippen LogP contribution in [0.4, 0.5) is 4.79 Å². The molecule has 32 heavy (non-hydrogen) atoms. The number of nitrogens with zero attached hydrogens (tertiary/aromatic N) is 2. The number of imide groups is 1. The standard InChI is InChI=1S/C21H22N4O5S2/c1-15-4-6-16(7-5-15)13-18-20(27)25(21(28)31-18)12-11-23-19(26)8-10-24-32(29,30)17-3-2-9-22-14-17/h2-7,9,13-14,24H,8,10-12H2,1H3,(H,23,26)/b18-13-. The van der Waals surface area contributed by atoms with Crippen LogP contribution in [0.25, 0.3) is 6.08 Å². The van der Waals surface area contributed by atoms with Crippen molar-refractivity contribution < 1.29 is 22.8 Å². The van der Waals surface area contributed by atoms with Crippen molar-refractivity contribution in [3.05, 3.63) is 64.8 Å². The number of pyridine rings is 1. The summed E-state index contributed by atoms with van der Waals surface area (Å²) in [6, 6.07) is 10.5. The van der Waals surface area contributed by atoms with Crippen LogP contribution in [-0.4, -0.2) is 55.0 Å². The molecular weight excluding hydrogens is 452 g/mol. The summed E-state index contributed by atoms with van der Waals surface area (Å²) < 4.78 is 26.5. The maximum Gasteiger partial charge on any atom is 0.293 e. The minimum absolute atomic E-state index is 0.0125. The first kappa shape index (κ1) is 23.6. The van der Waals surface area contributed by atoms with Crippen molar-refractivity contribution in [2.45, 2.75) is 18.2 Å². The van der Waals surface area contributed by atoms with Gasteiger partial charge in [-0.25, -0.2) is 13.1 Å². The van der Waals surface area contributed by atoms with Crippen LogP contribution < -0.4 is 10.0 Å². The second-order valence-electron chi connectivity index (χ2n) is 6.93. The number of amides is 3. The summed E-state index contributed by atoms with van der Waals surface area (Å²) >= 11 is 0.858. The molecule has 1 aromatic carbocycles. The van der Waals surface area contributed by atoms with Crippen LogP contribution in [0, 0.1) is 6.92 Å². The molecule has 0 radical (unpaired) electrons. The molecule has 0 unspecified atom stereocenters. The Morgan fingerprint density at radius 1 is 1.16 bits per heavy atom. The maximum absolute atomic E-state index is 12.5. The zero-order valence-corrected chi connectivity index (χ0v) is 18.9. The molecule has 3 amide bonds. The number of nitrogens with one attached hydrogen (secondary N) is 2. The number of aromatic nitrogens is 1. The number of carbonyl (C=O) groups is 3. The molecule has 1 saturated heterocycles. The molecule has 0 spiro atoms. The van der Waals surface area contributed by atoms with Gasteiger partial charge < -0.3 is 5.32 Å². The molecule has 168 valence electrons. The number of sulfonamides is 1. The van der Waals surface area contributed by atoms with Crippen molar-refractivity contribution in [1.29, 1.82) is 0 Å². The van der Waals surface area contributed by atoms with Crippen molar-refractivity contribution in [3.63, 3.8) is 0 Å². The van der Waals surface area contributed by atoms with Crippen molar-refractivity contribution in [2.75, 3.05) is 19.6 Å². The summed E-state index contributed by atoms with van der Waals surface area (Å²) in [5, 5.41) is 2.19. The number of rotatable bonds is 9. The molecule has 3 rings (SSSR count). The molecule has 1 aromatic heterocycles. The van der Waals surface area contributed by atoms with E-state index in [9.17, 15) is 22.8 Å². The van der Waals surface area contributed by atoms with Crippen LogP contribution in [0.1, 0.15) is 17.5 Å². The van der Waals surface area contributed by atoms with E-state index in [1.807, 2.05) is 31.2 Å². The van der Waals surface area contributed by atoms with E-state index < -0.39 is 27.1 Å². The zero-order valence-electron chi connectivity index (χ0n) is 17.3. The fourth-order valence-corrected chi connectivity index (χ4v) is 4.65. The van der Waals surface area contributed by atoms with E-state index >= 15 is 0 Å². The lowest BCUT2D eigenvalue weighted by molar-refractivity contribution is -0.124. The minimum atomic E-state index is -3.74. The molecule has 2 aromatic rings. The Balaban J connectivity index is 1.43. The lowest BCUT2D eigenvalue weighted by atomic mass is 10.1. The first-order valence-corrected chi connectivity index (χ1v) is 12.0. The second kappa shape index (κ2) is 10.5. The van der Waals surface area contributed by atoms with Crippen molar-refractivity contribution in [1.82, 2.24) is 19.9 Å². The highest BCUT2D eigenvalue weighted by Gasteiger charge is 2.34. The van der Waals surface area contributed by atoms with Gasteiger partial charge in [0.25, 0.3) is 11.1 Å². The van der Waals surface area contributed by atoms with Gasteiger partial charge in [0.05, 0.1) is 4.91 Å². The normalized spacial score (nSPS) is 15.4. The summed E-state index contributed by atoms with van der Waals surface area (Å²) in [4.78, 5) is 41.8. The Kier molecular flexibility index (Phi) is 7.78. The second-order valence-corrected chi connectivity index (χ2v) is 9.69. The first-order valence-electron chi connectivity index (χ1n) is 9.75. The summed E-state index contributed by atoms with van der Waals surface area (Å²) in [7, 11) is -3.74. The van der Waals surface area contributed by atoms with Crippen LogP contribution in [0.5, 0.6) is 0 Å². The molecule has 0 bridgehead atoms. The summed E-state index contributed by atoms with van der Waals surface area (Å²) in [6.07, 6.45) is 4.25. The highest BCUT2D eigenvalue weighted by molar-refractivity contribution is 8.18. The van der Waals surface area contributed by atoms with E-state index in [1.165, 1.54) is 24.5 Å².